The first-order valence-electron chi connectivity index (χ1n) is 12.0. The van der Waals surface area contributed by atoms with Crippen LogP contribution in [-0.2, 0) is 9.63 Å². The zero-order chi connectivity index (χ0) is 23.2. The lowest BCUT2D eigenvalue weighted by Crippen LogP contribution is -2.48. The highest BCUT2D eigenvalue weighted by atomic mass is 16.7. The summed E-state index contributed by atoms with van der Waals surface area (Å²) in [4.78, 5) is 37.9. The molecule has 2 aromatic rings. The van der Waals surface area contributed by atoms with Crippen molar-refractivity contribution < 1.29 is 14.0 Å². The second kappa shape index (κ2) is 8.48. The lowest BCUT2D eigenvalue weighted by Gasteiger charge is -2.34. The van der Waals surface area contributed by atoms with E-state index in [0.717, 1.165) is 41.3 Å². The lowest BCUT2D eigenvalue weighted by atomic mass is 9.82. The molecule has 1 aromatic heterocycles. The number of aromatic amines is 1. The molecule has 3 aliphatic rings. The minimum absolute atomic E-state index is 0.0545. The number of hydrogen-bond acceptors (Lipinski definition) is 6. The number of aliphatic imine (C=N–C) groups is 1. The number of nitrogens with one attached hydrogen (secondary N) is 2. The first-order valence-corrected chi connectivity index (χ1v) is 12.0. The molecule has 0 bridgehead atoms. The Labute approximate surface area is 193 Å². The van der Waals surface area contributed by atoms with Gasteiger partial charge in [0, 0.05) is 24.6 Å². The summed E-state index contributed by atoms with van der Waals surface area (Å²) in [6, 6.07) is 1.90. The minimum atomic E-state index is -0.633. The number of carbonyl (C=O) groups excluding carboxylic acids is 1. The Morgan fingerprint density at radius 2 is 1.91 bits per heavy atom. The predicted octanol–water partition coefficient (Wildman–Crippen LogP) is 3.83. The number of hydrogen-bond donors (Lipinski definition) is 2. The number of carbonyl (C=O) groups is 1. The van der Waals surface area contributed by atoms with Gasteiger partial charge in [-0.2, -0.15) is 0 Å². The van der Waals surface area contributed by atoms with Gasteiger partial charge in [-0.05, 0) is 68.7 Å². The number of aryl methyl sites for hydroxylation is 2. The van der Waals surface area contributed by atoms with Gasteiger partial charge in [0.1, 0.15) is 17.6 Å². The largest absolute Gasteiger partial charge is 0.417 e. The molecule has 8 heteroatoms. The van der Waals surface area contributed by atoms with Crippen LogP contribution >= 0.6 is 0 Å². The van der Waals surface area contributed by atoms with Crippen molar-refractivity contribution in [1.29, 1.82) is 0 Å². The number of aromatic nitrogens is 1. The SMILES string of the molecule is Cc1cc2[nH]c(=O)oc2c(C)c1/C=C/ON1CCC2(CC1)N=C([C@H]1CC[C@H](C)CC1)NC2=O. The highest BCUT2D eigenvalue weighted by Gasteiger charge is 2.47. The third kappa shape index (κ3) is 4.12. The van der Waals surface area contributed by atoms with Gasteiger partial charge in [-0.1, -0.05) is 19.8 Å². The van der Waals surface area contributed by atoms with E-state index < -0.39 is 11.3 Å². The molecule has 2 aliphatic heterocycles. The van der Waals surface area contributed by atoms with E-state index >= 15 is 0 Å². The molecule has 1 aliphatic carbocycles. The summed E-state index contributed by atoms with van der Waals surface area (Å²) in [5.41, 5.74) is 3.51. The Morgan fingerprint density at radius 1 is 1.18 bits per heavy atom. The zero-order valence-electron chi connectivity index (χ0n) is 19.6. The topological polar surface area (TPSA) is 99.9 Å². The van der Waals surface area contributed by atoms with Crippen molar-refractivity contribution in [3.8, 4) is 0 Å². The van der Waals surface area contributed by atoms with E-state index in [9.17, 15) is 9.59 Å². The molecule has 2 N–H and O–H groups in total. The van der Waals surface area contributed by atoms with Gasteiger partial charge in [-0.25, -0.2) is 4.79 Å². The van der Waals surface area contributed by atoms with Crippen LogP contribution in [0, 0.1) is 25.7 Å². The number of nitrogens with zero attached hydrogens (tertiary/aromatic N) is 2. The third-order valence-corrected chi connectivity index (χ3v) is 7.60. The van der Waals surface area contributed by atoms with Crippen molar-refractivity contribution in [2.24, 2.45) is 16.8 Å². The van der Waals surface area contributed by atoms with Crippen molar-refractivity contribution >= 4 is 28.9 Å². The second-order valence-corrected chi connectivity index (χ2v) is 9.90. The van der Waals surface area contributed by atoms with Crippen molar-refractivity contribution in [3.63, 3.8) is 0 Å². The molecular formula is C25H32N4O4. The molecule has 176 valence electrons. The number of amides is 1. The summed E-state index contributed by atoms with van der Waals surface area (Å²) < 4.78 is 5.27. The molecule has 0 atom stereocenters. The van der Waals surface area contributed by atoms with E-state index in [1.807, 2.05) is 31.1 Å². The Bertz CT molecular complexity index is 1170. The molecule has 1 saturated carbocycles. The van der Waals surface area contributed by atoms with Gasteiger partial charge in [0.2, 0.25) is 0 Å². The third-order valence-electron chi connectivity index (χ3n) is 7.60. The van der Waals surface area contributed by atoms with Gasteiger partial charge >= 0.3 is 5.76 Å². The van der Waals surface area contributed by atoms with Crippen LogP contribution in [0.3, 0.4) is 0 Å². The van der Waals surface area contributed by atoms with Gasteiger partial charge < -0.3 is 14.6 Å². The number of amidine groups is 1. The summed E-state index contributed by atoms with van der Waals surface area (Å²) in [5, 5.41) is 4.99. The van der Waals surface area contributed by atoms with Gasteiger partial charge in [-0.15, -0.1) is 5.06 Å². The first-order chi connectivity index (χ1) is 15.8. The fraction of sp³-hybridized carbons (Fsp3) is 0.560. The van der Waals surface area contributed by atoms with Crippen LogP contribution in [0.4, 0.5) is 0 Å². The molecule has 8 nitrogen and oxygen atoms in total. The van der Waals surface area contributed by atoms with E-state index in [2.05, 4.69) is 17.2 Å². The average Bonchev–Trinajstić information content (AvgIpc) is 3.32. The number of benzene rings is 1. The summed E-state index contributed by atoms with van der Waals surface area (Å²) in [6.45, 7) is 7.50. The number of hydroxylamine groups is 2. The molecular weight excluding hydrogens is 420 g/mol. The van der Waals surface area contributed by atoms with Crippen LogP contribution < -0.4 is 11.1 Å². The maximum atomic E-state index is 12.8. The van der Waals surface area contributed by atoms with Crippen LogP contribution in [0.5, 0.6) is 0 Å². The van der Waals surface area contributed by atoms with Gasteiger partial charge in [0.25, 0.3) is 5.91 Å². The molecule has 1 spiro atoms. The first kappa shape index (κ1) is 21.9. The van der Waals surface area contributed by atoms with Crippen LogP contribution in [0.2, 0.25) is 0 Å². The number of rotatable bonds is 4. The molecule has 0 unspecified atom stereocenters. The van der Waals surface area contributed by atoms with Crippen LogP contribution in [0.1, 0.15) is 62.1 Å². The highest BCUT2D eigenvalue weighted by Crippen LogP contribution is 2.35. The summed E-state index contributed by atoms with van der Waals surface area (Å²) in [5.74, 6) is 1.69. The van der Waals surface area contributed by atoms with Gasteiger partial charge in [0.05, 0.1) is 5.52 Å². The fourth-order valence-corrected chi connectivity index (χ4v) is 5.44. The maximum absolute atomic E-state index is 12.8. The van der Waals surface area contributed by atoms with Crippen LogP contribution in [0.15, 0.2) is 26.5 Å². The zero-order valence-corrected chi connectivity index (χ0v) is 19.6. The quantitative estimate of drug-likeness (QED) is 0.687. The summed E-state index contributed by atoms with van der Waals surface area (Å²) in [7, 11) is 0. The van der Waals surface area contributed by atoms with Crippen molar-refractivity contribution in [3.05, 3.63) is 39.6 Å². The Balaban J connectivity index is 1.21. The summed E-state index contributed by atoms with van der Waals surface area (Å²) in [6.07, 6.45) is 9.52. The number of H-pyrrole nitrogens is 1. The molecule has 1 saturated heterocycles. The summed E-state index contributed by atoms with van der Waals surface area (Å²) >= 11 is 0. The van der Waals surface area contributed by atoms with E-state index in [-0.39, 0.29) is 5.91 Å². The molecule has 3 heterocycles. The normalized spacial score (nSPS) is 25.7. The Kier molecular flexibility index (Phi) is 5.64. The van der Waals surface area contributed by atoms with E-state index in [1.165, 1.54) is 12.8 Å². The molecule has 1 amide bonds. The predicted molar refractivity (Wildman–Crippen MR) is 127 cm³/mol. The molecule has 33 heavy (non-hydrogen) atoms. The van der Waals surface area contributed by atoms with Crippen molar-refractivity contribution in [1.82, 2.24) is 15.4 Å². The minimum Gasteiger partial charge on any atom is -0.414 e. The Morgan fingerprint density at radius 3 is 2.64 bits per heavy atom. The van der Waals surface area contributed by atoms with E-state index in [4.69, 9.17) is 14.2 Å². The monoisotopic (exact) mass is 452 g/mol. The van der Waals surface area contributed by atoms with Gasteiger partial charge in [0.15, 0.2) is 5.58 Å². The van der Waals surface area contributed by atoms with E-state index in [1.54, 1.807) is 6.26 Å². The maximum Gasteiger partial charge on any atom is 0.417 e. The lowest BCUT2D eigenvalue weighted by molar-refractivity contribution is -0.139. The standard InChI is InChI=1S/C25H32N4O4/c1-15-4-6-18(7-5-15)22-27-23(30)25(28-22)9-11-29(12-10-25)32-13-8-19-16(2)14-20-21(17(19)3)33-24(31)26-20/h8,13-15,18H,4-7,9-12H2,1-3H3,(H,26,31)(H,27,28,30)/b13-8+/t15-,18-. The molecule has 0 radical (unpaired) electrons. The number of piperidine rings is 1. The molecule has 1 aromatic carbocycles. The molecule has 2 fully saturated rings. The highest BCUT2D eigenvalue weighted by molar-refractivity contribution is 6.09. The molecule has 5 rings (SSSR count). The van der Waals surface area contributed by atoms with Crippen molar-refractivity contribution in [2.45, 2.75) is 64.8 Å². The van der Waals surface area contributed by atoms with Crippen LogP contribution in [0.25, 0.3) is 17.2 Å². The number of fused-ring (bicyclic) bond motifs is 1. The van der Waals surface area contributed by atoms with E-state index in [0.29, 0.717) is 42.9 Å². The second-order valence-electron chi connectivity index (χ2n) is 9.90. The van der Waals surface area contributed by atoms with Crippen LogP contribution in [-0.4, -0.2) is 40.4 Å². The van der Waals surface area contributed by atoms with Gasteiger partial charge in [-0.3, -0.25) is 14.8 Å². The van der Waals surface area contributed by atoms with Crippen molar-refractivity contribution in [2.75, 3.05) is 13.1 Å². The fourth-order valence-electron chi connectivity index (χ4n) is 5.44. The average molecular weight is 453 g/mol. The number of oxazole rings is 1. The Hall–Kier alpha value is -2.87. The smallest absolute Gasteiger partial charge is 0.414 e.